The van der Waals surface area contributed by atoms with Crippen molar-refractivity contribution in [2.24, 2.45) is 0 Å². The molecule has 7 nitrogen and oxygen atoms in total. The van der Waals surface area contributed by atoms with E-state index in [0.29, 0.717) is 30.4 Å². The number of aromatic nitrogens is 3. The van der Waals surface area contributed by atoms with Crippen molar-refractivity contribution in [1.82, 2.24) is 25.2 Å². The highest BCUT2D eigenvalue weighted by Crippen LogP contribution is 2.32. The van der Waals surface area contributed by atoms with Crippen molar-refractivity contribution in [2.75, 3.05) is 18.4 Å². The van der Waals surface area contributed by atoms with Crippen molar-refractivity contribution < 1.29 is 22.4 Å². The van der Waals surface area contributed by atoms with Crippen LogP contribution in [0.1, 0.15) is 32.1 Å². The molecule has 1 aliphatic carbocycles. The lowest BCUT2D eigenvalue weighted by molar-refractivity contribution is 0.195. The molecule has 2 aliphatic rings. The number of aromatic amines is 1. The van der Waals surface area contributed by atoms with E-state index in [0.717, 1.165) is 31.5 Å². The lowest BCUT2D eigenvalue weighted by atomic mass is 9.91. The van der Waals surface area contributed by atoms with Gasteiger partial charge in [0.25, 0.3) is 0 Å². The topological polar surface area (TPSA) is 85.9 Å². The van der Waals surface area contributed by atoms with Gasteiger partial charge in [0, 0.05) is 41.8 Å². The molecule has 3 aromatic rings. The molecule has 0 aromatic carbocycles. The second-order valence-corrected chi connectivity index (χ2v) is 8.89. The van der Waals surface area contributed by atoms with E-state index >= 15 is 0 Å². The van der Waals surface area contributed by atoms with Crippen molar-refractivity contribution in [3.63, 3.8) is 0 Å². The summed E-state index contributed by atoms with van der Waals surface area (Å²) in [4.78, 5) is 24.8. The quantitative estimate of drug-likeness (QED) is 0.484. The molecule has 1 saturated carbocycles. The van der Waals surface area contributed by atoms with Gasteiger partial charge in [-0.05, 0) is 38.2 Å². The van der Waals surface area contributed by atoms with E-state index in [4.69, 9.17) is 0 Å². The van der Waals surface area contributed by atoms with E-state index in [1.54, 1.807) is 0 Å². The standard InChI is InChI=1S/C23H24F4N6O/c24-12-4-5-33(11-12)23(34)31-15-3-1-2-14(7-15)30-22-19(27)8-18(26)20(32-22)17-10-29-21-16(17)6-13(25)9-28-21/h6,8-10,12,14-15H,1-5,7,11H2,(H,28,29)(H,30,32)(H,31,34)/t12-,14-,15+/m0/s1. The lowest BCUT2D eigenvalue weighted by Gasteiger charge is -2.32. The van der Waals surface area contributed by atoms with Crippen LogP contribution >= 0.6 is 0 Å². The van der Waals surface area contributed by atoms with Crippen LogP contribution in [0.15, 0.2) is 24.5 Å². The SMILES string of the molecule is O=C(N[C@@H]1CCC[C@H](Nc2nc(-c3c[nH]c4ncc(F)cc34)c(F)cc2F)C1)N1CC[C@H](F)C1. The van der Waals surface area contributed by atoms with Gasteiger partial charge < -0.3 is 20.5 Å². The zero-order chi connectivity index (χ0) is 23.8. The Hall–Kier alpha value is -3.37. The number of anilines is 1. The summed E-state index contributed by atoms with van der Waals surface area (Å²) in [6.07, 6.45) is 4.65. The van der Waals surface area contributed by atoms with Gasteiger partial charge in [-0.3, -0.25) is 0 Å². The van der Waals surface area contributed by atoms with Crippen molar-refractivity contribution in [3.8, 4) is 11.3 Å². The van der Waals surface area contributed by atoms with E-state index in [9.17, 15) is 22.4 Å². The van der Waals surface area contributed by atoms with Crippen LogP contribution in [0.4, 0.5) is 28.2 Å². The Bertz CT molecular complexity index is 1220. The van der Waals surface area contributed by atoms with Crippen molar-refractivity contribution in [3.05, 3.63) is 42.0 Å². The van der Waals surface area contributed by atoms with E-state index in [1.165, 1.54) is 17.2 Å². The van der Waals surface area contributed by atoms with Crippen molar-refractivity contribution >= 4 is 22.9 Å². The fraction of sp³-hybridized carbons (Fsp3) is 0.435. The predicted octanol–water partition coefficient (Wildman–Crippen LogP) is 4.52. The third-order valence-corrected chi connectivity index (χ3v) is 6.44. The van der Waals surface area contributed by atoms with Gasteiger partial charge in [0.2, 0.25) is 0 Å². The van der Waals surface area contributed by atoms with Crippen LogP contribution < -0.4 is 10.6 Å². The number of fused-ring (bicyclic) bond motifs is 1. The number of likely N-dealkylation sites (tertiary alicyclic amines) is 1. The molecule has 0 unspecified atom stereocenters. The number of urea groups is 1. The van der Waals surface area contributed by atoms with Gasteiger partial charge in [-0.1, -0.05) is 0 Å². The summed E-state index contributed by atoms with van der Waals surface area (Å²) in [5, 5.41) is 6.32. The Morgan fingerprint density at radius 1 is 1.12 bits per heavy atom. The first-order chi connectivity index (χ1) is 16.4. The first-order valence-corrected chi connectivity index (χ1v) is 11.3. The van der Waals surface area contributed by atoms with Crippen molar-refractivity contribution in [2.45, 2.75) is 50.4 Å². The van der Waals surface area contributed by atoms with Gasteiger partial charge in [-0.15, -0.1) is 0 Å². The highest BCUT2D eigenvalue weighted by molar-refractivity contribution is 5.92. The third-order valence-electron chi connectivity index (χ3n) is 6.44. The van der Waals surface area contributed by atoms with Crippen LogP contribution in [0.2, 0.25) is 0 Å². The Balaban J connectivity index is 1.32. The van der Waals surface area contributed by atoms with Crippen LogP contribution in [-0.4, -0.2) is 57.2 Å². The number of alkyl halides is 1. The molecule has 4 heterocycles. The number of nitrogens with zero attached hydrogens (tertiary/aromatic N) is 3. The first kappa shape index (κ1) is 22.4. The fourth-order valence-corrected chi connectivity index (χ4v) is 4.74. The first-order valence-electron chi connectivity index (χ1n) is 11.3. The smallest absolute Gasteiger partial charge is 0.317 e. The molecule has 180 valence electrons. The molecule has 1 aliphatic heterocycles. The maximum absolute atomic E-state index is 14.6. The number of hydrogen-bond acceptors (Lipinski definition) is 4. The van der Waals surface area contributed by atoms with E-state index in [2.05, 4.69) is 25.6 Å². The number of rotatable bonds is 4. The van der Waals surface area contributed by atoms with Crippen LogP contribution in [0.25, 0.3) is 22.3 Å². The minimum absolute atomic E-state index is 0.0982. The van der Waals surface area contributed by atoms with Gasteiger partial charge in [-0.2, -0.15) is 0 Å². The molecule has 0 spiro atoms. The zero-order valence-electron chi connectivity index (χ0n) is 18.3. The minimum atomic E-state index is -0.988. The Kier molecular flexibility index (Phi) is 6.01. The summed E-state index contributed by atoms with van der Waals surface area (Å²) in [5.74, 6) is -2.42. The predicted molar refractivity (Wildman–Crippen MR) is 118 cm³/mol. The molecule has 0 radical (unpaired) electrons. The third kappa shape index (κ3) is 4.51. The number of hydrogen-bond donors (Lipinski definition) is 3. The molecule has 2 amide bonds. The Morgan fingerprint density at radius 2 is 1.94 bits per heavy atom. The summed E-state index contributed by atoms with van der Waals surface area (Å²) in [6.45, 7) is 0.489. The van der Waals surface area contributed by atoms with Crippen molar-refractivity contribution in [1.29, 1.82) is 0 Å². The molecule has 2 fully saturated rings. The summed E-state index contributed by atoms with van der Waals surface area (Å²) in [5.41, 5.74) is 0.505. The van der Waals surface area contributed by atoms with E-state index in [-0.39, 0.29) is 41.7 Å². The minimum Gasteiger partial charge on any atom is -0.365 e. The number of halogens is 4. The summed E-state index contributed by atoms with van der Waals surface area (Å²) < 4.78 is 56.3. The number of carbonyl (C=O) groups is 1. The van der Waals surface area contributed by atoms with Crippen LogP contribution in [-0.2, 0) is 0 Å². The molecule has 5 rings (SSSR count). The molecule has 3 atom stereocenters. The second kappa shape index (κ2) is 9.11. The average Bonchev–Trinajstić information content (AvgIpc) is 3.42. The molecule has 3 aromatic heterocycles. The monoisotopic (exact) mass is 476 g/mol. The Labute approximate surface area is 193 Å². The largest absolute Gasteiger partial charge is 0.365 e. The van der Waals surface area contributed by atoms with Crippen LogP contribution in [0, 0.1) is 17.5 Å². The second-order valence-electron chi connectivity index (χ2n) is 8.89. The maximum atomic E-state index is 14.6. The van der Waals surface area contributed by atoms with Gasteiger partial charge >= 0.3 is 6.03 Å². The highest BCUT2D eigenvalue weighted by Gasteiger charge is 2.30. The number of nitrogens with one attached hydrogen (secondary N) is 3. The number of carbonyl (C=O) groups excluding carboxylic acids is 1. The summed E-state index contributed by atoms with van der Waals surface area (Å²) in [6, 6.07) is 1.32. The zero-order valence-corrected chi connectivity index (χ0v) is 18.3. The maximum Gasteiger partial charge on any atom is 0.317 e. The van der Waals surface area contributed by atoms with E-state index < -0.39 is 23.6 Å². The normalized spacial score (nSPS) is 22.8. The number of pyridine rings is 2. The highest BCUT2D eigenvalue weighted by atomic mass is 19.1. The molecule has 34 heavy (non-hydrogen) atoms. The molecular formula is C23H24F4N6O. The van der Waals surface area contributed by atoms with Gasteiger partial charge in [-0.25, -0.2) is 32.3 Å². The lowest BCUT2D eigenvalue weighted by Crippen LogP contribution is -2.47. The number of amides is 2. The van der Waals surface area contributed by atoms with Gasteiger partial charge in [0.15, 0.2) is 17.5 Å². The number of H-pyrrole nitrogens is 1. The molecule has 1 saturated heterocycles. The average molecular weight is 476 g/mol. The molecule has 3 N–H and O–H groups in total. The fourth-order valence-electron chi connectivity index (χ4n) is 4.74. The summed E-state index contributed by atoms with van der Waals surface area (Å²) >= 11 is 0. The van der Waals surface area contributed by atoms with Crippen LogP contribution in [0.3, 0.4) is 0 Å². The van der Waals surface area contributed by atoms with Gasteiger partial charge in [0.1, 0.15) is 23.3 Å². The van der Waals surface area contributed by atoms with E-state index in [1.807, 2.05) is 0 Å². The molecule has 0 bridgehead atoms. The molecular weight excluding hydrogens is 452 g/mol. The molecule has 11 heteroatoms. The van der Waals surface area contributed by atoms with Gasteiger partial charge in [0.05, 0.1) is 12.7 Å². The summed E-state index contributed by atoms with van der Waals surface area (Å²) in [7, 11) is 0. The van der Waals surface area contributed by atoms with Crippen LogP contribution in [0.5, 0.6) is 0 Å². The Morgan fingerprint density at radius 3 is 2.74 bits per heavy atom.